The normalized spacial score (nSPS) is 16.4. The van der Waals surface area contributed by atoms with Crippen LogP contribution in [0.25, 0.3) is 6.08 Å². The average Bonchev–Trinajstić information content (AvgIpc) is 2.53. The van der Waals surface area contributed by atoms with E-state index in [2.05, 4.69) is 4.90 Å². The van der Waals surface area contributed by atoms with Gasteiger partial charge in [0.25, 0.3) is 5.91 Å². The molecule has 0 saturated carbocycles. The van der Waals surface area contributed by atoms with Gasteiger partial charge in [-0.05, 0) is 19.2 Å². The minimum absolute atomic E-state index is 0.143. The van der Waals surface area contributed by atoms with E-state index in [1.54, 1.807) is 24.2 Å². The molecule has 1 aliphatic heterocycles. The minimum Gasteiger partial charge on any atom is -0.496 e. The van der Waals surface area contributed by atoms with Crippen LogP contribution in [0.2, 0.25) is 0 Å². The smallest absolute Gasteiger partial charge is 0.264 e. The lowest BCUT2D eigenvalue weighted by molar-refractivity contribution is -0.128. The van der Waals surface area contributed by atoms with Gasteiger partial charge < -0.3 is 14.5 Å². The second kappa shape index (κ2) is 6.91. The number of benzene rings is 1. The zero-order chi connectivity index (χ0) is 15.2. The van der Waals surface area contributed by atoms with Crippen LogP contribution in [0.5, 0.6) is 5.75 Å². The Kier molecular flexibility index (Phi) is 4.96. The Labute approximate surface area is 125 Å². The Hall–Kier alpha value is -2.32. The maximum absolute atomic E-state index is 12.4. The van der Waals surface area contributed by atoms with Crippen molar-refractivity contribution in [2.75, 3.05) is 40.3 Å². The van der Waals surface area contributed by atoms with Crippen LogP contribution in [0.4, 0.5) is 0 Å². The third kappa shape index (κ3) is 3.61. The van der Waals surface area contributed by atoms with Crippen molar-refractivity contribution in [2.24, 2.45) is 0 Å². The van der Waals surface area contributed by atoms with Crippen molar-refractivity contribution in [1.29, 1.82) is 5.26 Å². The fourth-order valence-electron chi connectivity index (χ4n) is 2.26. The van der Waals surface area contributed by atoms with Gasteiger partial charge in [-0.2, -0.15) is 5.26 Å². The Morgan fingerprint density at radius 3 is 2.57 bits per heavy atom. The van der Waals surface area contributed by atoms with Crippen LogP contribution in [-0.4, -0.2) is 56.0 Å². The molecule has 1 fully saturated rings. The molecule has 5 nitrogen and oxygen atoms in total. The summed E-state index contributed by atoms with van der Waals surface area (Å²) >= 11 is 0. The fraction of sp³-hybridized carbons (Fsp3) is 0.375. The molecule has 0 aromatic heterocycles. The number of carbonyl (C=O) groups excluding carboxylic acids is 1. The first-order chi connectivity index (χ1) is 10.2. The Morgan fingerprint density at radius 2 is 1.95 bits per heavy atom. The van der Waals surface area contributed by atoms with E-state index in [9.17, 15) is 10.1 Å². The summed E-state index contributed by atoms with van der Waals surface area (Å²) in [6, 6.07) is 9.35. The molecule has 0 unspecified atom stereocenters. The number of carbonyl (C=O) groups is 1. The Morgan fingerprint density at radius 1 is 1.29 bits per heavy atom. The van der Waals surface area contributed by atoms with E-state index in [0.29, 0.717) is 18.8 Å². The molecule has 0 aliphatic carbocycles. The number of ether oxygens (including phenoxy) is 1. The van der Waals surface area contributed by atoms with Crippen LogP contribution in [0.3, 0.4) is 0 Å². The van der Waals surface area contributed by atoms with Gasteiger partial charge in [0.2, 0.25) is 0 Å². The van der Waals surface area contributed by atoms with E-state index in [-0.39, 0.29) is 11.5 Å². The number of hydrogen-bond donors (Lipinski definition) is 0. The molecule has 1 saturated heterocycles. The fourth-order valence-corrected chi connectivity index (χ4v) is 2.26. The Balaban J connectivity index is 2.21. The second-order valence-electron chi connectivity index (χ2n) is 5.01. The highest BCUT2D eigenvalue weighted by Gasteiger charge is 2.22. The van der Waals surface area contributed by atoms with Crippen molar-refractivity contribution in [3.05, 3.63) is 35.4 Å². The highest BCUT2D eigenvalue weighted by Crippen LogP contribution is 2.21. The largest absolute Gasteiger partial charge is 0.496 e. The molecular formula is C16H19N3O2. The third-order valence-corrected chi connectivity index (χ3v) is 3.58. The highest BCUT2D eigenvalue weighted by atomic mass is 16.5. The van der Waals surface area contributed by atoms with Gasteiger partial charge >= 0.3 is 0 Å². The molecule has 1 amide bonds. The molecule has 1 aromatic carbocycles. The van der Waals surface area contributed by atoms with Crippen LogP contribution in [-0.2, 0) is 4.79 Å². The van der Waals surface area contributed by atoms with Crippen LogP contribution in [0.15, 0.2) is 29.8 Å². The molecule has 5 heteroatoms. The van der Waals surface area contributed by atoms with Gasteiger partial charge in [0.05, 0.1) is 7.11 Å². The van der Waals surface area contributed by atoms with Gasteiger partial charge in [-0.1, -0.05) is 18.2 Å². The molecule has 0 spiro atoms. The van der Waals surface area contributed by atoms with Gasteiger partial charge in [0.1, 0.15) is 17.4 Å². The summed E-state index contributed by atoms with van der Waals surface area (Å²) in [5.41, 5.74) is 0.878. The summed E-state index contributed by atoms with van der Waals surface area (Å²) in [4.78, 5) is 16.3. The molecular weight excluding hydrogens is 266 g/mol. The van der Waals surface area contributed by atoms with Gasteiger partial charge in [-0.25, -0.2) is 0 Å². The predicted molar refractivity (Wildman–Crippen MR) is 80.7 cm³/mol. The van der Waals surface area contributed by atoms with Crippen molar-refractivity contribution in [2.45, 2.75) is 0 Å². The quantitative estimate of drug-likeness (QED) is 0.622. The second-order valence-corrected chi connectivity index (χ2v) is 5.01. The van der Waals surface area contributed by atoms with E-state index >= 15 is 0 Å². The lowest BCUT2D eigenvalue weighted by atomic mass is 10.1. The van der Waals surface area contributed by atoms with Gasteiger partial charge in [-0.3, -0.25) is 4.79 Å². The first-order valence-corrected chi connectivity index (χ1v) is 6.88. The maximum Gasteiger partial charge on any atom is 0.264 e. The first-order valence-electron chi connectivity index (χ1n) is 6.88. The molecule has 0 bridgehead atoms. The van der Waals surface area contributed by atoms with Crippen molar-refractivity contribution in [3.63, 3.8) is 0 Å². The number of hydrogen-bond acceptors (Lipinski definition) is 4. The molecule has 0 radical (unpaired) electrons. The minimum atomic E-state index is -0.212. The van der Waals surface area contributed by atoms with E-state index in [0.717, 1.165) is 18.7 Å². The maximum atomic E-state index is 12.4. The molecule has 0 N–H and O–H groups in total. The standard InChI is InChI=1S/C16H19N3O2/c1-18-7-9-19(10-8-18)16(20)14(12-17)11-13-5-3-4-6-15(13)21-2/h3-6,11H,7-10H2,1-2H3/b14-11-. The number of para-hydroxylation sites is 1. The van der Waals surface area contributed by atoms with Gasteiger partial charge in [-0.15, -0.1) is 0 Å². The predicted octanol–water partition coefficient (Wildman–Crippen LogP) is 1.38. The molecule has 1 aliphatic rings. The third-order valence-electron chi connectivity index (χ3n) is 3.58. The highest BCUT2D eigenvalue weighted by molar-refractivity contribution is 6.02. The number of likely N-dealkylation sites (N-methyl/N-ethyl adjacent to an activating group) is 1. The summed E-state index contributed by atoms with van der Waals surface area (Å²) in [6.07, 6.45) is 1.60. The lowest BCUT2D eigenvalue weighted by Crippen LogP contribution is -2.47. The number of amides is 1. The van der Waals surface area contributed by atoms with E-state index in [4.69, 9.17) is 4.74 Å². The number of methoxy groups -OCH3 is 1. The summed E-state index contributed by atoms with van der Waals surface area (Å²) in [5, 5.41) is 9.29. The number of nitrogens with zero attached hydrogens (tertiary/aromatic N) is 3. The molecule has 21 heavy (non-hydrogen) atoms. The van der Waals surface area contributed by atoms with Crippen molar-refractivity contribution in [1.82, 2.24) is 9.80 Å². The average molecular weight is 285 g/mol. The Bertz CT molecular complexity index is 581. The zero-order valence-electron chi connectivity index (χ0n) is 12.4. The van der Waals surface area contributed by atoms with Crippen molar-refractivity contribution in [3.8, 4) is 11.8 Å². The van der Waals surface area contributed by atoms with E-state index in [1.165, 1.54) is 0 Å². The molecule has 1 aromatic rings. The zero-order valence-corrected chi connectivity index (χ0v) is 12.4. The van der Waals surface area contributed by atoms with Crippen LogP contribution in [0.1, 0.15) is 5.56 Å². The van der Waals surface area contributed by atoms with Crippen LogP contribution in [0, 0.1) is 11.3 Å². The van der Waals surface area contributed by atoms with Crippen molar-refractivity contribution < 1.29 is 9.53 Å². The van der Waals surface area contributed by atoms with E-state index < -0.39 is 0 Å². The summed E-state index contributed by atoms with van der Waals surface area (Å²) < 4.78 is 5.24. The van der Waals surface area contributed by atoms with Crippen molar-refractivity contribution >= 4 is 12.0 Å². The van der Waals surface area contributed by atoms with E-state index in [1.807, 2.05) is 31.3 Å². The monoisotopic (exact) mass is 285 g/mol. The summed E-state index contributed by atoms with van der Waals surface area (Å²) in [5.74, 6) is 0.438. The molecule has 110 valence electrons. The van der Waals surface area contributed by atoms with Crippen LogP contribution < -0.4 is 4.74 Å². The van der Waals surface area contributed by atoms with Crippen LogP contribution >= 0.6 is 0 Å². The number of nitriles is 1. The summed E-state index contributed by atoms with van der Waals surface area (Å²) in [7, 11) is 3.60. The molecule has 2 rings (SSSR count). The number of rotatable bonds is 3. The summed E-state index contributed by atoms with van der Waals surface area (Å²) in [6.45, 7) is 2.97. The SMILES string of the molecule is COc1ccccc1/C=C(/C#N)C(=O)N1CCN(C)CC1. The molecule has 0 atom stereocenters. The molecule has 1 heterocycles. The topological polar surface area (TPSA) is 56.6 Å². The van der Waals surface area contributed by atoms with Gasteiger partial charge in [0, 0.05) is 31.7 Å². The lowest BCUT2D eigenvalue weighted by Gasteiger charge is -2.32. The number of piperazine rings is 1. The van der Waals surface area contributed by atoms with Gasteiger partial charge in [0.15, 0.2) is 0 Å². The first kappa shape index (κ1) is 15.1.